The number of ether oxygens (including phenoxy) is 1. The number of hydrogen-bond acceptors (Lipinski definition) is 4. The Bertz CT molecular complexity index is 838. The maximum Gasteiger partial charge on any atom is 0.274 e. The molecule has 2 aliphatic rings. The van der Waals surface area contributed by atoms with E-state index in [1.54, 1.807) is 29.2 Å². The first-order valence-electron chi connectivity index (χ1n) is 9.50. The zero-order valence-electron chi connectivity index (χ0n) is 15.2. The second-order valence-corrected chi connectivity index (χ2v) is 7.97. The van der Waals surface area contributed by atoms with Crippen molar-refractivity contribution >= 4 is 17.5 Å². The Hall–Kier alpha value is -2.05. The summed E-state index contributed by atoms with van der Waals surface area (Å²) in [6, 6.07) is 7.09. The molecule has 6 nitrogen and oxygen atoms in total. The average molecular weight is 390 g/mol. The van der Waals surface area contributed by atoms with Gasteiger partial charge in [-0.1, -0.05) is 17.7 Å². The number of benzene rings is 1. The van der Waals surface area contributed by atoms with E-state index in [1.807, 2.05) is 0 Å². The van der Waals surface area contributed by atoms with E-state index >= 15 is 0 Å². The number of piperidine rings is 1. The number of aromatic amines is 1. The molecular weight excluding hydrogens is 366 g/mol. The molecule has 144 valence electrons. The quantitative estimate of drug-likeness (QED) is 0.842. The van der Waals surface area contributed by atoms with Gasteiger partial charge in [-0.05, 0) is 56.7 Å². The topological polar surface area (TPSA) is 78.5 Å². The van der Waals surface area contributed by atoms with Crippen LogP contribution >= 0.6 is 11.6 Å². The van der Waals surface area contributed by atoms with Gasteiger partial charge in [0.2, 0.25) is 0 Å². The number of hydrogen-bond donors (Lipinski definition) is 2. The van der Waals surface area contributed by atoms with Gasteiger partial charge < -0.3 is 14.7 Å². The fourth-order valence-corrected chi connectivity index (χ4v) is 4.17. The summed E-state index contributed by atoms with van der Waals surface area (Å²) in [4.78, 5) is 14.7. The Balaban J connectivity index is 1.44. The van der Waals surface area contributed by atoms with Gasteiger partial charge in [0.1, 0.15) is 18.0 Å². The van der Waals surface area contributed by atoms with E-state index in [0.29, 0.717) is 29.4 Å². The minimum absolute atomic E-state index is 0.102. The predicted molar refractivity (Wildman–Crippen MR) is 102 cm³/mol. The van der Waals surface area contributed by atoms with Crippen molar-refractivity contribution < 1.29 is 14.6 Å². The SMILES string of the molecule is O=C(c1n[nH]c2c1CCCC2)N1CCCC(O)(COc2cccc(Cl)c2)C1. The number of amides is 1. The normalized spacial score (nSPS) is 22.4. The molecule has 1 amide bonds. The summed E-state index contributed by atoms with van der Waals surface area (Å²) in [7, 11) is 0. The highest BCUT2D eigenvalue weighted by Crippen LogP contribution is 2.27. The number of halogens is 1. The fraction of sp³-hybridized carbons (Fsp3) is 0.500. The molecule has 1 unspecified atom stereocenters. The molecule has 1 aliphatic carbocycles. The van der Waals surface area contributed by atoms with E-state index in [-0.39, 0.29) is 19.1 Å². The predicted octanol–water partition coefficient (Wildman–Crippen LogP) is 2.99. The summed E-state index contributed by atoms with van der Waals surface area (Å²) in [5.41, 5.74) is 1.58. The number of nitrogens with one attached hydrogen (secondary N) is 1. The smallest absolute Gasteiger partial charge is 0.274 e. The standard InChI is InChI=1S/C20H24ClN3O3/c21-14-5-3-6-15(11-14)27-13-20(26)9-4-10-24(12-20)19(25)18-16-7-1-2-8-17(16)22-23-18/h3,5-6,11,26H,1-2,4,7-10,12-13H2,(H,22,23). The molecular formula is C20H24ClN3O3. The first-order valence-corrected chi connectivity index (χ1v) is 9.88. The van der Waals surface area contributed by atoms with Crippen molar-refractivity contribution in [1.29, 1.82) is 0 Å². The monoisotopic (exact) mass is 389 g/mol. The lowest BCUT2D eigenvalue weighted by Crippen LogP contribution is -2.53. The number of likely N-dealkylation sites (tertiary alicyclic amines) is 1. The molecule has 1 atom stereocenters. The number of aryl methyl sites for hydroxylation is 1. The van der Waals surface area contributed by atoms with Gasteiger partial charge >= 0.3 is 0 Å². The van der Waals surface area contributed by atoms with Crippen LogP contribution in [-0.2, 0) is 12.8 Å². The molecule has 7 heteroatoms. The zero-order valence-corrected chi connectivity index (χ0v) is 16.0. The van der Waals surface area contributed by atoms with Crippen molar-refractivity contribution in [1.82, 2.24) is 15.1 Å². The number of carbonyl (C=O) groups excluding carboxylic acids is 1. The summed E-state index contributed by atoms with van der Waals surface area (Å²) in [6.45, 7) is 0.990. The van der Waals surface area contributed by atoms with E-state index in [1.165, 1.54) is 0 Å². The molecule has 0 bridgehead atoms. The van der Waals surface area contributed by atoms with Crippen LogP contribution in [0.4, 0.5) is 0 Å². The van der Waals surface area contributed by atoms with E-state index in [2.05, 4.69) is 10.2 Å². The molecule has 2 N–H and O–H groups in total. The average Bonchev–Trinajstić information content (AvgIpc) is 3.10. The van der Waals surface area contributed by atoms with Crippen molar-refractivity contribution in [2.24, 2.45) is 0 Å². The van der Waals surface area contributed by atoms with Gasteiger partial charge in [-0.15, -0.1) is 0 Å². The highest BCUT2D eigenvalue weighted by atomic mass is 35.5. The molecule has 27 heavy (non-hydrogen) atoms. The Morgan fingerprint density at radius 3 is 3.04 bits per heavy atom. The number of rotatable bonds is 4. The van der Waals surface area contributed by atoms with Crippen LogP contribution in [0.5, 0.6) is 5.75 Å². The summed E-state index contributed by atoms with van der Waals surface area (Å²) in [5.74, 6) is 0.510. The number of H-pyrrole nitrogens is 1. The second kappa shape index (κ2) is 7.52. The Labute approximate surface area is 163 Å². The molecule has 1 aliphatic heterocycles. The third kappa shape index (κ3) is 3.96. The summed E-state index contributed by atoms with van der Waals surface area (Å²) < 4.78 is 5.74. The van der Waals surface area contributed by atoms with Crippen LogP contribution in [0.2, 0.25) is 5.02 Å². The molecule has 1 saturated heterocycles. The minimum Gasteiger partial charge on any atom is -0.490 e. The molecule has 2 heterocycles. The van der Waals surface area contributed by atoms with Gasteiger partial charge in [0, 0.05) is 22.8 Å². The molecule has 1 aromatic heterocycles. The minimum atomic E-state index is -1.08. The highest BCUT2D eigenvalue weighted by molar-refractivity contribution is 6.30. The molecule has 0 saturated carbocycles. The van der Waals surface area contributed by atoms with Gasteiger partial charge in [-0.25, -0.2) is 0 Å². The maximum absolute atomic E-state index is 13.0. The van der Waals surface area contributed by atoms with Crippen molar-refractivity contribution in [2.75, 3.05) is 19.7 Å². The maximum atomic E-state index is 13.0. The Morgan fingerprint density at radius 2 is 2.19 bits per heavy atom. The first kappa shape index (κ1) is 18.3. The second-order valence-electron chi connectivity index (χ2n) is 7.54. The van der Waals surface area contributed by atoms with Crippen molar-refractivity contribution in [3.05, 3.63) is 46.2 Å². The molecule has 0 spiro atoms. The number of carbonyl (C=O) groups is 1. The van der Waals surface area contributed by atoms with Crippen LogP contribution in [0.1, 0.15) is 47.4 Å². The lowest BCUT2D eigenvalue weighted by Gasteiger charge is -2.38. The van der Waals surface area contributed by atoms with Crippen LogP contribution in [-0.4, -0.2) is 51.4 Å². The molecule has 2 aromatic rings. The summed E-state index contributed by atoms with van der Waals surface area (Å²) >= 11 is 5.98. The molecule has 1 fully saturated rings. The Kier molecular flexibility index (Phi) is 5.10. The van der Waals surface area contributed by atoms with Gasteiger partial charge in [0.15, 0.2) is 5.69 Å². The number of fused-ring (bicyclic) bond motifs is 1. The van der Waals surface area contributed by atoms with Gasteiger partial charge in [0.25, 0.3) is 5.91 Å². The van der Waals surface area contributed by atoms with Gasteiger partial charge in [-0.3, -0.25) is 9.89 Å². The van der Waals surface area contributed by atoms with Crippen LogP contribution in [0.25, 0.3) is 0 Å². The van der Waals surface area contributed by atoms with Crippen molar-refractivity contribution in [2.45, 2.75) is 44.1 Å². The number of nitrogens with zero attached hydrogens (tertiary/aromatic N) is 2. The molecule has 4 rings (SSSR count). The van der Waals surface area contributed by atoms with Crippen molar-refractivity contribution in [3.8, 4) is 5.75 Å². The van der Waals surface area contributed by atoms with Crippen LogP contribution < -0.4 is 4.74 Å². The van der Waals surface area contributed by atoms with Crippen molar-refractivity contribution in [3.63, 3.8) is 0 Å². The number of aliphatic hydroxyl groups is 1. The fourth-order valence-electron chi connectivity index (χ4n) is 3.99. The van der Waals surface area contributed by atoms with Crippen LogP contribution in [0.15, 0.2) is 24.3 Å². The largest absolute Gasteiger partial charge is 0.490 e. The summed E-state index contributed by atoms with van der Waals surface area (Å²) in [5, 5.41) is 18.9. The highest BCUT2D eigenvalue weighted by Gasteiger charge is 2.37. The van der Waals surface area contributed by atoms with E-state index in [0.717, 1.165) is 43.4 Å². The summed E-state index contributed by atoms with van der Waals surface area (Å²) in [6.07, 6.45) is 5.39. The van der Waals surface area contributed by atoms with Crippen LogP contribution in [0.3, 0.4) is 0 Å². The third-order valence-electron chi connectivity index (χ3n) is 5.41. The van der Waals surface area contributed by atoms with Gasteiger partial charge in [0.05, 0.1) is 6.54 Å². The van der Waals surface area contributed by atoms with Gasteiger partial charge in [-0.2, -0.15) is 5.10 Å². The van der Waals surface area contributed by atoms with E-state index in [4.69, 9.17) is 16.3 Å². The van der Waals surface area contributed by atoms with Crippen LogP contribution in [0, 0.1) is 0 Å². The molecule has 0 radical (unpaired) electrons. The van der Waals surface area contributed by atoms with E-state index < -0.39 is 5.60 Å². The number of aromatic nitrogens is 2. The lowest BCUT2D eigenvalue weighted by atomic mass is 9.92. The number of β-amino-alcohol motifs (C(OH)–C–C–N with tert-alkyl or cyclic N) is 1. The Morgan fingerprint density at radius 1 is 1.33 bits per heavy atom. The van der Waals surface area contributed by atoms with E-state index in [9.17, 15) is 9.90 Å². The zero-order chi connectivity index (χ0) is 18.9. The molecule has 1 aromatic carbocycles. The lowest BCUT2D eigenvalue weighted by molar-refractivity contribution is -0.0533. The first-order chi connectivity index (χ1) is 13.0. The third-order valence-corrected chi connectivity index (χ3v) is 5.64.